The Morgan fingerprint density at radius 3 is 2.50 bits per heavy atom. The number of benzene rings is 2. The van der Waals surface area contributed by atoms with E-state index in [-0.39, 0.29) is 16.9 Å². The lowest BCUT2D eigenvalue weighted by Crippen LogP contribution is -2.46. The van der Waals surface area contributed by atoms with E-state index >= 15 is 0 Å². The average Bonchev–Trinajstić information content (AvgIpc) is 2.72. The van der Waals surface area contributed by atoms with Gasteiger partial charge in [0, 0.05) is 23.5 Å². The van der Waals surface area contributed by atoms with Crippen LogP contribution in [0, 0.1) is 10.1 Å². The number of hydrogen-bond donors (Lipinski definition) is 3. The Bertz CT molecular complexity index is 1060. The normalized spacial score (nSPS) is 15.7. The largest absolute Gasteiger partial charge is 0.465 e. The lowest BCUT2D eigenvalue weighted by Gasteiger charge is -2.28. The Hall–Kier alpha value is -4.21. The highest BCUT2D eigenvalue weighted by atomic mass is 16.6. The number of hydrogen-bond acceptors (Lipinski definition) is 6. The fourth-order valence-electron chi connectivity index (χ4n) is 3.07. The molecule has 154 valence electrons. The molecule has 3 N–H and O–H groups in total. The number of non-ortho nitro benzene ring substituents is 1. The first kappa shape index (κ1) is 20.5. The lowest BCUT2D eigenvalue weighted by atomic mass is 9.94. The van der Waals surface area contributed by atoms with Gasteiger partial charge in [-0.15, -0.1) is 0 Å². The van der Waals surface area contributed by atoms with Gasteiger partial charge in [0.2, 0.25) is 0 Å². The van der Waals surface area contributed by atoms with Crippen molar-refractivity contribution in [1.29, 1.82) is 0 Å². The van der Waals surface area contributed by atoms with Crippen LogP contribution in [0.4, 0.5) is 16.2 Å². The summed E-state index contributed by atoms with van der Waals surface area (Å²) in [6.07, 6.45) is 0. The molecule has 0 bridgehead atoms. The van der Waals surface area contributed by atoms with Crippen molar-refractivity contribution in [3.63, 3.8) is 0 Å². The number of methoxy groups -OCH3 is 1. The third kappa shape index (κ3) is 4.27. The summed E-state index contributed by atoms with van der Waals surface area (Å²) >= 11 is 0. The quantitative estimate of drug-likeness (QED) is 0.393. The van der Waals surface area contributed by atoms with E-state index in [1.54, 1.807) is 19.1 Å². The molecule has 1 atom stereocenters. The Balaban J connectivity index is 1.91. The molecule has 0 aliphatic carbocycles. The molecule has 30 heavy (non-hydrogen) atoms. The first-order valence-corrected chi connectivity index (χ1v) is 8.82. The van der Waals surface area contributed by atoms with Crippen LogP contribution in [0.25, 0.3) is 0 Å². The van der Waals surface area contributed by atoms with E-state index in [9.17, 15) is 24.5 Å². The van der Waals surface area contributed by atoms with Crippen molar-refractivity contribution in [1.82, 2.24) is 10.6 Å². The van der Waals surface area contributed by atoms with Crippen molar-refractivity contribution >= 4 is 29.3 Å². The number of nitro groups is 1. The summed E-state index contributed by atoms with van der Waals surface area (Å²) in [6.45, 7) is 1.58. The van der Waals surface area contributed by atoms with Crippen LogP contribution in [0.5, 0.6) is 0 Å². The highest BCUT2D eigenvalue weighted by Crippen LogP contribution is 2.28. The summed E-state index contributed by atoms with van der Waals surface area (Å²) in [4.78, 5) is 47.0. The van der Waals surface area contributed by atoms with Gasteiger partial charge in [0.05, 0.1) is 29.2 Å². The molecule has 0 saturated heterocycles. The van der Waals surface area contributed by atoms with Crippen LogP contribution in [0.15, 0.2) is 59.8 Å². The van der Waals surface area contributed by atoms with Crippen LogP contribution in [0.1, 0.15) is 28.9 Å². The maximum Gasteiger partial charge on any atom is 0.337 e. The minimum atomic E-state index is -0.788. The van der Waals surface area contributed by atoms with Gasteiger partial charge in [0.1, 0.15) is 0 Å². The van der Waals surface area contributed by atoms with Crippen LogP contribution >= 0.6 is 0 Å². The van der Waals surface area contributed by atoms with Gasteiger partial charge >= 0.3 is 12.0 Å². The van der Waals surface area contributed by atoms with Gasteiger partial charge in [-0.1, -0.05) is 18.2 Å². The van der Waals surface area contributed by atoms with E-state index in [0.717, 1.165) is 0 Å². The van der Waals surface area contributed by atoms with Crippen LogP contribution in [0.3, 0.4) is 0 Å². The van der Waals surface area contributed by atoms with Crippen molar-refractivity contribution in [3.05, 3.63) is 81.0 Å². The van der Waals surface area contributed by atoms with E-state index in [1.807, 2.05) is 0 Å². The molecule has 1 heterocycles. The summed E-state index contributed by atoms with van der Waals surface area (Å²) in [5, 5.41) is 18.8. The van der Waals surface area contributed by atoms with Gasteiger partial charge in [-0.25, -0.2) is 9.59 Å². The molecule has 0 spiro atoms. The number of urea groups is 1. The highest BCUT2D eigenvalue weighted by molar-refractivity contribution is 6.07. The summed E-state index contributed by atoms with van der Waals surface area (Å²) in [7, 11) is 1.27. The first-order valence-electron chi connectivity index (χ1n) is 8.82. The molecule has 1 aliphatic heterocycles. The molecular weight excluding hydrogens is 392 g/mol. The third-order valence-corrected chi connectivity index (χ3v) is 4.49. The highest BCUT2D eigenvalue weighted by Gasteiger charge is 2.31. The topological polar surface area (TPSA) is 140 Å². The number of carbonyl (C=O) groups excluding carboxylic acids is 3. The molecule has 1 aliphatic rings. The minimum Gasteiger partial charge on any atom is -0.465 e. The van der Waals surface area contributed by atoms with Gasteiger partial charge in [-0.05, 0) is 30.7 Å². The van der Waals surface area contributed by atoms with Crippen molar-refractivity contribution in [2.75, 3.05) is 12.4 Å². The maximum absolute atomic E-state index is 13.0. The molecule has 10 heteroatoms. The molecule has 2 aromatic rings. The van der Waals surface area contributed by atoms with Crippen LogP contribution in [-0.4, -0.2) is 29.9 Å². The fourth-order valence-corrected chi connectivity index (χ4v) is 3.07. The number of carbonyl (C=O) groups is 3. The monoisotopic (exact) mass is 410 g/mol. The number of rotatable bonds is 5. The Kier molecular flexibility index (Phi) is 5.77. The predicted molar refractivity (Wildman–Crippen MR) is 107 cm³/mol. The summed E-state index contributed by atoms with van der Waals surface area (Å²) < 4.78 is 4.67. The number of allylic oxidation sites excluding steroid dienone is 1. The molecule has 0 unspecified atom stereocenters. The molecule has 3 rings (SSSR count). The maximum atomic E-state index is 13.0. The number of nitro benzene ring substituents is 1. The van der Waals surface area contributed by atoms with Gasteiger partial charge in [-0.2, -0.15) is 0 Å². The predicted octanol–water partition coefficient (Wildman–Crippen LogP) is 2.65. The van der Waals surface area contributed by atoms with E-state index in [4.69, 9.17) is 0 Å². The number of anilines is 1. The van der Waals surface area contributed by atoms with Crippen LogP contribution in [-0.2, 0) is 9.53 Å². The van der Waals surface area contributed by atoms with Gasteiger partial charge in [-0.3, -0.25) is 14.9 Å². The van der Waals surface area contributed by atoms with Gasteiger partial charge < -0.3 is 20.7 Å². The molecule has 0 aromatic heterocycles. The first-order chi connectivity index (χ1) is 14.3. The second-order valence-electron chi connectivity index (χ2n) is 6.45. The van der Waals surface area contributed by atoms with Crippen LogP contribution < -0.4 is 16.0 Å². The number of ether oxygens (including phenoxy) is 1. The molecule has 0 saturated carbocycles. The van der Waals surface area contributed by atoms with Crippen molar-refractivity contribution in [3.8, 4) is 0 Å². The fraction of sp³-hybridized carbons (Fsp3) is 0.150. The SMILES string of the molecule is COC(=O)c1ccc([C@H]2NC(=O)NC(C)=C2C(=O)Nc2cccc([N+](=O)[O-])c2)cc1. The Labute approximate surface area is 171 Å². The zero-order chi connectivity index (χ0) is 21.8. The number of nitrogens with one attached hydrogen (secondary N) is 3. The van der Waals surface area contributed by atoms with Crippen molar-refractivity contribution < 1.29 is 24.0 Å². The standard InChI is InChI=1S/C20H18N4O6/c1-11-16(18(25)22-14-4-3-5-15(10-14)24(28)29)17(23-20(27)21-11)12-6-8-13(9-7-12)19(26)30-2/h3-10,17H,1-2H3,(H,22,25)(H2,21,23,27)/t17-/m1/s1. The molecule has 10 nitrogen and oxygen atoms in total. The summed E-state index contributed by atoms with van der Waals surface area (Å²) in [6, 6.07) is 10.5. The second-order valence-corrected chi connectivity index (χ2v) is 6.45. The smallest absolute Gasteiger partial charge is 0.337 e. The zero-order valence-corrected chi connectivity index (χ0v) is 16.1. The zero-order valence-electron chi connectivity index (χ0n) is 16.1. The third-order valence-electron chi connectivity index (χ3n) is 4.49. The second kappa shape index (κ2) is 8.43. The van der Waals surface area contributed by atoms with Crippen molar-refractivity contribution in [2.45, 2.75) is 13.0 Å². The average molecular weight is 410 g/mol. The van der Waals surface area contributed by atoms with E-state index < -0.39 is 28.9 Å². The van der Waals surface area contributed by atoms with E-state index in [1.165, 1.54) is 43.5 Å². The van der Waals surface area contributed by atoms with Crippen LogP contribution in [0.2, 0.25) is 0 Å². The Morgan fingerprint density at radius 1 is 1.17 bits per heavy atom. The van der Waals surface area contributed by atoms with E-state index in [0.29, 0.717) is 16.8 Å². The summed E-state index contributed by atoms with van der Waals surface area (Å²) in [5.41, 5.74) is 1.54. The van der Waals surface area contributed by atoms with Crippen molar-refractivity contribution in [2.24, 2.45) is 0 Å². The number of esters is 1. The Morgan fingerprint density at radius 2 is 1.87 bits per heavy atom. The van der Waals surface area contributed by atoms with Gasteiger partial charge in [0.15, 0.2) is 0 Å². The summed E-state index contributed by atoms with van der Waals surface area (Å²) in [5.74, 6) is -1.05. The van der Waals surface area contributed by atoms with Gasteiger partial charge in [0.25, 0.3) is 11.6 Å². The molecule has 3 amide bonds. The van der Waals surface area contributed by atoms with E-state index in [2.05, 4.69) is 20.7 Å². The molecule has 2 aromatic carbocycles. The minimum absolute atomic E-state index is 0.163. The number of nitrogens with zero attached hydrogens (tertiary/aromatic N) is 1. The number of amides is 3. The lowest BCUT2D eigenvalue weighted by molar-refractivity contribution is -0.384. The molecular formula is C20H18N4O6. The molecule has 0 radical (unpaired) electrons. The molecule has 0 fully saturated rings.